The van der Waals surface area contributed by atoms with Crippen LogP contribution in [0.1, 0.15) is 78.5 Å². The molecule has 6 nitrogen and oxygen atoms in total. The van der Waals surface area contributed by atoms with Crippen molar-refractivity contribution in [1.82, 2.24) is 9.97 Å². The van der Waals surface area contributed by atoms with Gasteiger partial charge in [-0.2, -0.15) is 0 Å². The van der Waals surface area contributed by atoms with Crippen LogP contribution in [0.15, 0.2) is 35.4 Å². The van der Waals surface area contributed by atoms with Crippen molar-refractivity contribution in [2.24, 2.45) is 0 Å². The van der Waals surface area contributed by atoms with Crippen LogP contribution in [0.4, 0.5) is 17.2 Å². The topological polar surface area (TPSA) is 61.4 Å². The van der Waals surface area contributed by atoms with Crippen molar-refractivity contribution in [2.75, 3.05) is 47.0 Å². The summed E-state index contributed by atoms with van der Waals surface area (Å²) in [6, 6.07) is 10.6. The molecule has 2 rings (SSSR count). The molecule has 1 N–H and O–H groups in total. The van der Waals surface area contributed by atoms with Crippen LogP contribution in [0.3, 0.4) is 0 Å². The lowest BCUT2D eigenvalue weighted by atomic mass is 10.1. The Labute approximate surface area is 217 Å². The SMILES string of the molecule is CCCCCCN(CCCC(=O)Nc1c(SCCC)nc(C)nc1N(CC)CC)c1ccccc1. The van der Waals surface area contributed by atoms with Gasteiger partial charge in [-0.3, -0.25) is 4.79 Å². The van der Waals surface area contributed by atoms with E-state index >= 15 is 0 Å². The van der Waals surface area contributed by atoms with Crippen LogP contribution in [-0.4, -0.2) is 47.8 Å². The zero-order valence-corrected chi connectivity index (χ0v) is 23.3. The Kier molecular flexibility index (Phi) is 13.6. The second-order valence-electron chi connectivity index (χ2n) is 8.83. The van der Waals surface area contributed by atoms with E-state index in [0.29, 0.717) is 6.42 Å². The van der Waals surface area contributed by atoms with Gasteiger partial charge in [0.05, 0.1) is 0 Å². The number of nitrogens with one attached hydrogen (secondary N) is 1. The first-order valence-corrected chi connectivity index (χ1v) is 14.4. The van der Waals surface area contributed by atoms with Crippen LogP contribution in [-0.2, 0) is 4.79 Å². The van der Waals surface area contributed by atoms with Crippen molar-refractivity contribution < 1.29 is 4.79 Å². The minimum atomic E-state index is 0.0307. The predicted molar refractivity (Wildman–Crippen MR) is 152 cm³/mol. The van der Waals surface area contributed by atoms with Gasteiger partial charge in [-0.15, -0.1) is 11.8 Å². The summed E-state index contributed by atoms with van der Waals surface area (Å²) in [6.07, 6.45) is 7.27. The summed E-state index contributed by atoms with van der Waals surface area (Å²) in [5.41, 5.74) is 2.00. The maximum Gasteiger partial charge on any atom is 0.224 e. The van der Waals surface area contributed by atoms with E-state index in [0.717, 1.165) is 67.1 Å². The second kappa shape index (κ2) is 16.4. The number of carbonyl (C=O) groups is 1. The number of thioether (sulfide) groups is 1. The summed E-state index contributed by atoms with van der Waals surface area (Å²) in [5.74, 6) is 2.56. The van der Waals surface area contributed by atoms with Gasteiger partial charge in [0.25, 0.3) is 0 Å². The summed E-state index contributed by atoms with van der Waals surface area (Å²) in [7, 11) is 0. The molecule has 2 aromatic rings. The molecule has 0 unspecified atom stereocenters. The molecule has 0 aliphatic carbocycles. The first-order chi connectivity index (χ1) is 17.0. The molecule has 0 atom stereocenters. The molecular weight excluding hydrogens is 454 g/mol. The number of unbranched alkanes of at least 4 members (excludes halogenated alkanes) is 3. The highest BCUT2D eigenvalue weighted by molar-refractivity contribution is 7.99. The number of benzene rings is 1. The lowest BCUT2D eigenvalue weighted by Crippen LogP contribution is -2.28. The lowest BCUT2D eigenvalue weighted by Gasteiger charge is -2.26. The number of amides is 1. The van der Waals surface area contributed by atoms with E-state index in [4.69, 9.17) is 4.98 Å². The fraction of sp³-hybridized carbons (Fsp3) is 0.607. The van der Waals surface area contributed by atoms with Crippen molar-refractivity contribution in [3.05, 3.63) is 36.2 Å². The summed E-state index contributed by atoms with van der Waals surface area (Å²) < 4.78 is 0. The average Bonchev–Trinajstić information content (AvgIpc) is 2.87. The molecule has 0 bridgehead atoms. The molecule has 0 saturated heterocycles. The molecule has 0 aliphatic heterocycles. The van der Waals surface area contributed by atoms with Crippen LogP contribution < -0.4 is 15.1 Å². The summed E-state index contributed by atoms with van der Waals surface area (Å²) >= 11 is 1.69. The third-order valence-corrected chi connectivity index (χ3v) is 7.15. The molecule has 0 spiro atoms. The fourth-order valence-electron chi connectivity index (χ4n) is 4.07. The quantitative estimate of drug-likeness (QED) is 0.144. The number of para-hydroxylation sites is 1. The number of nitrogens with zero attached hydrogens (tertiary/aromatic N) is 4. The molecule has 0 saturated carbocycles. The Morgan fingerprint density at radius 3 is 2.26 bits per heavy atom. The van der Waals surface area contributed by atoms with E-state index in [1.807, 2.05) is 6.92 Å². The fourth-order valence-corrected chi connectivity index (χ4v) is 4.95. The van der Waals surface area contributed by atoms with Gasteiger partial charge in [-0.1, -0.05) is 51.3 Å². The largest absolute Gasteiger partial charge is 0.372 e. The Morgan fingerprint density at radius 1 is 0.886 bits per heavy atom. The Morgan fingerprint density at radius 2 is 1.60 bits per heavy atom. The van der Waals surface area contributed by atoms with Gasteiger partial charge >= 0.3 is 0 Å². The Hall–Kier alpha value is -2.28. The maximum absolute atomic E-state index is 13.1. The first-order valence-electron chi connectivity index (χ1n) is 13.4. The van der Waals surface area contributed by atoms with Crippen LogP contribution in [0.2, 0.25) is 0 Å². The standard InChI is InChI=1S/C28H45N5OS/c1-6-10-11-15-20-33(24-17-13-12-14-18-24)21-16-19-25(34)31-26-27(32(8-3)9-4)29-23(5)30-28(26)35-22-7-2/h12-14,17-18H,6-11,15-16,19-22H2,1-5H3,(H,31,34). The number of rotatable bonds is 17. The number of aryl methyl sites for hydroxylation is 1. The van der Waals surface area contributed by atoms with Crippen molar-refractivity contribution in [3.8, 4) is 0 Å². The molecule has 35 heavy (non-hydrogen) atoms. The zero-order valence-electron chi connectivity index (χ0n) is 22.5. The van der Waals surface area contributed by atoms with Crippen LogP contribution in [0.5, 0.6) is 0 Å². The molecule has 1 aromatic heterocycles. The van der Waals surface area contributed by atoms with Gasteiger partial charge in [0.2, 0.25) is 5.91 Å². The van der Waals surface area contributed by atoms with Gasteiger partial charge in [-0.05, 0) is 57.9 Å². The number of anilines is 3. The van der Waals surface area contributed by atoms with Gasteiger partial charge < -0.3 is 15.1 Å². The van der Waals surface area contributed by atoms with E-state index < -0.39 is 0 Å². The lowest BCUT2D eigenvalue weighted by molar-refractivity contribution is -0.116. The first kappa shape index (κ1) is 29.0. The molecule has 1 amide bonds. The van der Waals surface area contributed by atoms with Crippen molar-refractivity contribution in [2.45, 2.75) is 84.6 Å². The normalized spacial score (nSPS) is 10.9. The molecule has 0 radical (unpaired) electrons. The molecular formula is C28H45N5OS. The third-order valence-electron chi connectivity index (χ3n) is 5.97. The maximum atomic E-state index is 13.1. The van der Waals surface area contributed by atoms with Gasteiger partial charge in [0, 0.05) is 38.3 Å². The highest BCUT2D eigenvalue weighted by atomic mass is 32.2. The highest BCUT2D eigenvalue weighted by Gasteiger charge is 2.20. The monoisotopic (exact) mass is 499 g/mol. The highest BCUT2D eigenvalue weighted by Crippen LogP contribution is 2.34. The summed E-state index contributed by atoms with van der Waals surface area (Å²) in [6.45, 7) is 14.1. The van der Waals surface area contributed by atoms with Gasteiger partial charge in [0.1, 0.15) is 16.5 Å². The number of carbonyl (C=O) groups excluding carboxylic acids is 1. The second-order valence-corrected chi connectivity index (χ2v) is 9.91. The van der Waals surface area contributed by atoms with Gasteiger partial charge in [-0.25, -0.2) is 9.97 Å². The van der Waals surface area contributed by atoms with Crippen LogP contribution in [0, 0.1) is 6.92 Å². The van der Waals surface area contributed by atoms with Crippen molar-refractivity contribution in [3.63, 3.8) is 0 Å². The van der Waals surface area contributed by atoms with E-state index in [9.17, 15) is 4.79 Å². The Bertz CT molecular complexity index is 873. The van der Waals surface area contributed by atoms with Crippen molar-refractivity contribution in [1.29, 1.82) is 0 Å². The minimum Gasteiger partial charge on any atom is -0.372 e. The van der Waals surface area contributed by atoms with E-state index in [-0.39, 0.29) is 5.91 Å². The molecule has 1 aromatic carbocycles. The van der Waals surface area contributed by atoms with Crippen molar-refractivity contribution >= 4 is 34.9 Å². The van der Waals surface area contributed by atoms with Crippen LogP contribution in [0.25, 0.3) is 0 Å². The number of aromatic nitrogens is 2. The molecule has 194 valence electrons. The number of hydrogen-bond donors (Lipinski definition) is 1. The van der Waals surface area contributed by atoms with E-state index in [2.05, 4.69) is 78.1 Å². The minimum absolute atomic E-state index is 0.0307. The Balaban J connectivity index is 2.08. The van der Waals surface area contributed by atoms with E-state index in [1.54, 1.807) is 11.8 Å². The predicted octanol–water partition coefficient (Wildman–Crippen LogP) is 6.94. The average molecular weight is 500 g/mol. The molecule has 0 aliphatic rings. The van der Waals surface area contributed by atoms with Gasteiger partial charge in [0.15, 0.2) is 5.82 Å². The molecule has 0 fully saturated rings. The molecule has 1 heterocycles. The van der Waals surface area contributed by atoms with E-state index in [1.165, 1.54) is 31.4 Å². The summed E-state index contributed by atoms with van der Waals surface area (Å²) in [5, 5.41) is 4.06. The summed E-state index contributed by atoms with van der Waals surface area (Å²) in [4.78, 5) is 27.1. The van der Waals surface area contributed by atoms with Crippen LogP contribution >= 0.6 is 11.8 Å². The third kappa shape index (κ3) is 9.71. The number of hydrogen-bond acceptors (Lipinski definition) is 6. The smallest absolute Gasteiger partial charge is 0.224 e. The zero-order chi connectivity index (χ0) is 25.5. The molecule has 7 heteroatoms.